The van der Waals surface area contributed by atoms with Gasteiger partial charge >= 0.3 is 5.97 Å². The first-order chi connectivity index (χ1) is 42.7. The molecule has 8 unspecified atom stereocenters. The molecular formula is C76H127NO10. The summed E-state index contributed by atoms with van der Waals surface area (Å²) in [7, 11) is 0. The van der Waals surface area contributed by atoms with E-state index in [1.165, 1.54) is 64.2 Å². The van der Waals surface area contributed by atoms with E-state index in [1.54, 1.807) is 6.08 Å². The molecule has 11 heteroatoms. The lowest BCUT2D eigenvalue weighted by molar-refractivity contribution is -0.305. The number of hydrogen-bond donors (Lipinski definition) is 6. The Bertz CT molecular complexity index is 1930. The fraction of sp³-hybridized carbons (Fsp3) is 0.684. The van der Waals surface area contributed by atoms with Crippen molar-refractivity contribution in [3.05, 3.63) is 134 Å². The molecule has 6 N–H and O–H groups in total. The number of aliphatic hydroxyl groups excluding tert-OH is 5. The highest BCUT2D eigenvalue weighted by Gasteiger charge is 2.47. The summed E-state index contributed by atoms with van der Waals surface area (Å²) in [6.45, 7) is 5.55. The standard InChI is InChI=1S/C76H127NO10/c1-4-7-10-13-16-19-22-24-26-28-30-32-34-35-36-38-40-42-44-46-49-52-55-58-61-64-71(81)87-74-73(83)72(82)70(65-78)86-76(74)85-66-67(68(79)62-59-56-53-50-47-21-18-15-12-9-6-3)77-75(84)69(80)63-60-57-54-51-48-45-43-41-39-37-33-31-29-27-25-23-20-17-14-11-8-5-2/h7-8,10-11,16-17,19-20,24-27,30-33,35-36,39,41,59,62,67-70,72-74,76,78-80,82-83H,4-6,9,12-15,18,21-23,28-29,34,37-38,40,42-58,60-61,63-66H2,1-3H3,(H,77,84)/b10-7-,11-8-,19-16-,20-17-,26-24-,27-25-,32-30-,33-31-,36-35-,41-39-,62-59+. The maximum Gasteiger partial charge on any atom is 0.306 e. The number of esters is 1. The number of ether oxygens (including phenoxy) is 3. The van der Waals surface area contributed by atoms with Gasteiger partial charge in [0.1, 0.15) is 24.4 Å². The summed E-state index contributed by atoms with van der Waals surface area (Å²) >= 11 is 0. The van der Waals surface area contributed by atoms with Crippen LogP contribution in [0.25, 0.3) is 0 Å². The van der Waals surface area contributed by atoms with Crippen LogP contribution in [0.3, 0.4) is 0 Å². The summed E-state index contributed by atoms with van der Waals surface area (Å²) in [5.74, 6) is -1.22. The van der Waals surface area contributed by atoms with Crippen molar-refractivity contribution < 1.29 is 49.3 Å². The molecule has 1 fully saturated rings. The third-order valence-corrected chi connectivity index (χ3v) is 15.5. The van der Waals surface area contributed by atoms with E-state index in [0.717, 1.165) is 161 Å². The monoisotopic (exact) mass is 1210 g/mol. The molecule has 1 rings (SSSR count). The van der Waals surface area contributed by atoms with Crippen molar-refractivity contribution in [3.8, 4) is 0 Å². The number of allylic oxidation sites excluding steroid dienone is 21. The molecule has 8 atom stereocenters. The molecule has 0 saturated carbocycles. The molecule has 0 aromatic rings. The normalized spacial score (nSPS) is 19.1. The summed E-state index contributed by atoms with van der Waals surface area (Å²) in [5.41, 5.74) is 0. The lowest BCUT2D eigenvalue weighted by Gasteiger charge is -2.41. The van der Waals surface area contributed by atoms with E-state index in [2.05, 4.69) is 148 Å². The minimum Gasteiger partial charge on any atom is -0.454 e. The Morgan fingerprint density at radius 1 is 0.460 bits per heavy atom. The van der Waals surface area contributed by atoms with Gasteiger partial charge in [-0.05, 0) is 116 Å². The van der Waals surface area contributed by atoms with Crippen LogP contribution in [-0.4, -0.2) is 99.6 Å². The van der Waals surface area contributed by atoms with Crippen LogP contribution in [0.15, 0.2) is 134 Å². The van der Waals surface area contributed by atoms with Gasteiger partial charge in [0.25, 0.3) is 0 Å². The van der Waals surface area contributed by atoms with E-state index in [4.69, 9.17) is 14.2 Å². The zero-order chi connectivity index (χ0) is 63.1. The highest BCUT2D eigenvalue weighted by molar-refractivity contribution is 5.80. The van der Waals surface area contributed by atoms with E-state index in [1.807, 2.05) is 6.08 Å². The Kier molecular flexibility index (Phi) is 57.6. The Hall–Kier alpha value is -4.20. The number of aliphatic hydroxyl groups is 5. The van der Waals surface area contributed by atoms with Crippen molar-refractivity contribution in [2.24, 2.45) is 0 Å². The molecule has 0 radical (unpaired) electrons. The Morgan fingerprint density at radius 2 is 0.828 bits per heavy atom. The Morgan fingerprint density at radius 3 is 1.24 bits per heavy atom. The summed E-state index contributed by atoms with van der Waals surface area (Å²) in [6, 6.07) is -1.04. The minimum absolute atomic E-state index is 0.107. The lowest BCUT2D eigenvalue weighted by atomic mass is 9.99. The molecular weight excluding hydrogens is 1090 g/mol. The second-order valence-corrected chi connectivity index (χ2v) is 23.5. The molecule has 1 saturated heterocycles. The molecule has 87 heavy (non-hydrogen) atoms. The van der Waals surface area contributed by atoms with Crippen LogP contribution in [-0.2, 0) is 23.8 Å². The van der Waals surface area contributed by atoms with Gasteiger partial charge in [0.2, 0.25) is 5.91 Å². The second-order valence-electron chi connectivity index (χ2n) is 23.5. The van der Waals surface area contributed by atoms with Gasteiger partial charge in [0, 0.05) is 6.42 Å². The lowest BCUT2D eigenvalue weighted by Crippen LogP contribution is -2.61. The van der Waals surface area contributed by atoms with Crippen LogP contribution in [0.5, 0.6) is 0 Å². The van der Waals surface area contributed by atoms with E-state index < -0.39 is 67.4 Å². The maximum absolute atomic E-state index is 13.5. The molecule has 0 aromatic heterocycles. The van der Waals surface area contributed by atoms with Crippen LogP contribution in [0, 0.1) is 0 Å². The molecule has 1 heterocycles. The smallest absolute Gasteiger partial charge is 0.306 e. The van der Waals surface area contributed by atoms with Crippen LogP contribution in [0.1, 0.15) is 271 Å². The Balaban J connectivity index is 2.59. The number of nitrogens with one attached hydrogen (secondary N) is 1. The molecule has 11 nitrogen and oxygen atoms in total. The summed E-state index contributed by atoms with van der Waals surface area (Å²) in [6.07, 6.45) is 77.7. The second kappa shape index (κ2) is 62.0. The average Bonchev–Trinajstić information content (AvgIpc) is 3.12. The van der Waals surface area contributed by atoms with Gasteiger partial charge < -0.3 is 45.1 Å². The molecule has 0 aliphatic carbocycles. The highest BCUT2D eigenvalue weighted by atomic mass is 16.7. The van der Waals surface area contributed by atoms with Crippen LogP contribution >= 0.6 is 0 Å². The van der Waals surface area contributed by atoms with Crippen molar-refractivity contribution in [2.45, 2.75) is 320 Å². The first-order valence-electron chi connectivity index (χ1n) is 35.0. The minimum atomic E-state index is -1.63. The van der Waals surface area contributed by atoms with Crippen LogP contribution < -0.4 is 5.32 Å². The van der Waals surface area contributed by atoms with Crippen molar-refractivity contribution in [1.29, 1.82) is 0 Å². The van der Waals surface area contributed by atoms with Crippen molar-refractivity contribution in [1.82, 2.24) is 5.32 Å². The molecule has 0 bridgehead atoms. The number of rotatable bonds is 58. The van der Waals surface area contributed by atoms with Gasteiger partial charge in [0.05, 0.1) is 25.4 Å². The SMILES string of the molecule is CC/C=C\C/C=C\C/C=C\C/C=C\C/C=C\CCCCCCCCCCCC(=O)OC1C(OCC(NC(=O)C(O)CCCCCCCC/C=C\C/C=C\C/C=C\C/C=C\C/C=C\CC)C(O)/C=C/CCCCCCCCCCC)OC(CO)C(O)C1O. The third kappa shape index (κ3) is 49.3. The van der Waals surface area contributed by atoms with Gasteiger partial charge in [0.15, 0.2) is 12.4 Å². The van der Waals surface area contributed by atoms with Gasteiger partial charge in [-0.1, -0.05) is 283 Å². The van der Waals surface area contributed by atoms with Gasteiger partial charge in [-0.2, -0.15) is 0 Å². The molecule has 1 aliphatic rings. The van der Waals surface area contributed by atoms with Crippen LogP contribution in [0.2, 0.25) is 0 Å². The van der Waals surface area contributed by atoms with Gasteiger partial charge in [-0.15, -0.1) is 0 Å². The van der Waals surface area contributed by atoms with E-state index in [-0.39, 0.29) is 19.4 Å². The Labute approximate surface area is 531 Å². The van der Waals surface area contributed by atoms with E-state index >= 15 is 0 Å². The third-order valence-electron chi connectivity index (χ3n) is 15.5. The fourth-order valence-corrected chi connectivity index (χ4v) is 10.1. The fourth-order valence-electron chi connectivity index (χ4n) is 10.1. The van der Waals surface area contributed by atoms with Crippen molar-refractivity contribution >= 4 is 11.9 Å². The molecule has 0 spiro atoms. The largest absolute Gasteiger partial charge is 0.454 e. The first kappa shape index (κ1) is 80.8. The quantitative estimate of drug-likeness (QED) is 0.0195. The summed E-state index contributed by atoms with van der Waals surface area (Å²) < 4.78 is 17.7. The van der Waals surface area contributed by atoms with Crippen molar-refractivity contribution in [2.75, 3.05) is 13.2 Å². The number of carbonyl (C=O) groups is 2. The average molecular weight is 1210 g/mol. The van der Waals surface area contributed by atoms with E-state index in [9.17, 15) is 35.1 Å². The highest BCUT2D eigenvalue weighted by Crippen LogP contribution is 2.26. The summed E-state index contributed by atoms with van der Waals surface area (Å²) in [4.78, 5) is 26.7. The number of amides is 1. The molecule has 1 aliphatic heterocycles. The molecule has 0 aromatic carbocycles. The number of unbranched alkanes of at least 4 members (excludes halogenated alkanes) is 24. The topological polar surface area (TPSA) is 175 Å². The van der Waals surface area contributed by atoms with Crippen LogP contribution in [0.4, 0.5) is 0 Å². The van der Waals surface area contributed by atoms with Crippen molar-refractivity contribution in [3.63, 3.8) is 0 Å². The maximum atomic E-state index is 13.5. The predicted molar refractivity (Wildman–Crippen MR) is 365 cm³/mol. The zero-order valence-electron chi connectivity index (χ0n) is 55.1. The zero-order valence-corrected chi connectivity index (χ0v) is 55.1. The molecule has 496 valence electrons. The number of carbonyl (C=O) groups excluding carboxylic acids is 2. The predicted octanol–water partition coefficient (Wildman–Crippen LogP) is 18.0. The van der Waals surface area contributed by atoms with Gasteiger partial charge in [-0.3, -0.25) is 9.59 Å². The summed E-state index contributed by atoms with van der Waals surface area (Å²) in [5, 5.41) is 57.2. The number of hydrogen-bond acceptors (Lipinski definition) is 10. The molecule has 1 amide bonds. The first-order valence-corrected chi connectivity index (χ1v) is 35.0. The van der Waals surface area contributed by atoms with E-state index in [0.29, 0.717) is 12.8 Å². The van der Waals surface area contributed by atoms with Gasteiger partial charge in [-0.25, -0.2) is 0 Å².